The maximum atomic E-state index is 12.5. The molecule has 1 heterocycles. The van der Waals surface area contributed by atoms with Crippen molar-refractivity contribution in [3.05, 3.63) is 65.7 Å². The zero-order valence-corrected chi connectivity index (χ0v) is 14.1. The number of hydrogen-bond acceptors (Lipinski definition) is 3. The van der Waals surface area contributed by atoms with Gasteiger partial charge in [0.15, 0.2) is 0 Å². The fraction of sp³-hybridized carbons (Fsp3) is 0.300. The van der Waals surface area contributed by atoms with Crippen LogP contribution in [0.1, 0.15) is 28.8 Å². The van der Waals surface area contributed by atoms with E-state index in [1.807, 2.05) is 42.5 Å². The Kier molecular flexibility index (Phi) is 5.33. The summed E-state index contributed by atoms with van der Waals surface area (Å²) in [5.74, 6) is 0.329. The van der Waals surface area contributed by atoms with Gasteiger partial charge in [0.25, 0.3) is 5.91 Å². The molecule has 1 aliphatic rings. The number of amides is 2. The number of ether oxygens (including phenoxy) is 1. The van der Waals surface area contributed by atoms with Gasteiger partial charge in [0, 0.05) is 24.6 Å². The van der Waals surface area contributed by atoms with Crippen molar-refractivity contribution in [3.63, 3.8) is 0 Å². The molecule has 0 atom stereocenters. The minimum atomic E-state index is -0.271. The van der Waals surface area contributed by atoms with E-state index in [-0.39, 0.29) is 17.7 Å². The van der Waals surface area contributed by atoms with Crippen LogP contribution in [0, 0.1) is 5.92 Å². The van der Waals surface area contributed by atoms with Gasteiger partial charge in [-0.25, -0.2) is 0 Å². The molecule has 2 aromatic carbocycles. The molecule has 5 heteroatoms. The molecule has 130 valence electrons. The van der Waals surface area contributed by atoms with Crippen molar-refractivity contribution < 1.29 is 14.3 Å². The lowest BCUT2D eigenvalue weighted by molar-refractivity contribution is -0.123. The van der Waals surface area contributed by atoms with E-state index >= 15 is 0 Å². The lowest BCUT2D eigenvalue weighted by Crippen LogP contribution is -2.41. The first-order valence-electron chi connectivity index (χ1n) is 8.49. The highest BCUT2D eigenvalue weighted by molar-refractivity contribution is 5.94. The van der Waals surface area contributed by atoms with E-state index in [9.17, 15) is 9.59 Å². The standard InChI is InChI=1S/C20H22N2O3/c21-19(23)16-10-12-22(13-11-16)20(24)17-6-8-18(9-7-17)25-14-15-4-2-1-3-5-15/h1-9,16H,10-14H2,(H2,21,23). The van der Waals surface area contributed by atoms with Crippen molar-refractivity contribution in [2.45, 2.75) is 19.4 Å². The summed E-state index contributed by atoms with van der Waals surface area (Å²) in [6.07, 6.45) is 1.28. The van der Waals surface area contributed by atoms with Crippen molar-refractivity contribution in [2.24, 2.45) is 11.7 Å². The Bertz CT molecular complexity index is 720. The van der Waals surface area contributed by atoms with Crippen LogP contribution in [-0.4, -0.2) is 29.8 Å². The van der Waals surface area contributed by atoms with Crippen LogP contribution in [0.5, 0.6) is 5.75 Å². The maximum Gasteiger partial charge on any atom is 0.253 e. The second-order valence-electron chi connectivity index (χ2n) is 6.27. The topological polar surface area (TPSA) is 72.6 Å². The van der Waals surface area contributed by atoms with Crippen molar-refractivity contribution in [1.29, 1.82) is 0 Å². The Morgan fingerprint density at radius 3 is 2.24 bits per heavy atom. The first kappa shape index (κ1) is 17.0. The number of likely N-dealkylation sites (tertiary alicyclic amines) is 1. The quantitative estimate of drug-likeness (QED) is 0.911. The Hall–Kier alpha value is -2.82. The molecular weight excluding hydrogens is 316 g/mol. The number of carbonyl (C=O) groups is 2. The number of nitrogens with zero attached hydrogens (tertiary/aromatic N) is 1. The molecule has 0 aliphatic carbocycles. The molecular formula is C20H22N2O3. The average molecular weight is 338 g/mol. The van der Waals surface area contributed by atoms with Crippen LogP contribution < -0.4 is 10.5 Å². The number of benzene rings is 2. The van der Waals surface area contributed by atoms with Crippen LogP contribution in [0.25, 0.3) is 0 Å². The predicted molar refractivity (Wildman–Crippen MR) is 95.0 cm³/mol. The second-order valence-corrected chi connectivity index (χ2v) is 6.27. The fourth-order valence-corrected chi connectivity index (χ4v) is 2.98. The van der Waals surface area contributed by atoms with Crippen LogP contribution in [0.2, 0.25) is 0 Å². The van der Waals surface area contributed by atoms with Crippen molar-refractivity contribution in [2.75, 3.05) is 13.1 Å². The molecule has 2 N–H and O–H groups in total. The van der Waals surface area contributed by atoms with Gasteiger partial charge >= 0.3 is 0 Å². The Morgan fingerprint density at radius 1 is 1.00 bits per heavy atom. The number of carbonyl (C=O) groups excluding carboxylic acids is 2. The monoisotopic (exact) mass is 338 g/mol. The number of nitrogens with two attached hydrogens (primary N) is 1. The van der Waals surface area contributed by atoms with Crippen LogP contribution >= 0.6 is 0 Å². The van der Waals surface area contributed by atoms with Crippen LogP contribution in [0.15, 0.2) is 54.6 Å². The van der Waals surface area contributed by atoms with E-state index in [1.54, 1.807) is 17.0 Å². The van der Waals surface area contributed by atoms with Crippen molar-refractivity contribution in [1.82, 2.24) is 4.90 Å². The third kappa shape index (κ3) is 4.38. The van der Waals surface area contributed by atoms with Gasteiger partial charge in [0.1, 0.15) is 12.4 Å². The summed E-state index contributed by atoms with van der Waals surface area (Å²) in [4.78, 5) is 25.5. The zero-order chi connectivity index (χ0) is 17.6. The molecule has 0 unspecified atom stereocenters. The third-order valence-corrected chi connectivity index (χ3v) is 4.53. The van der Waals surface area contributed by atoms with Gasteiger partial charge in [-0.3, -0.25) is 9.59 Å². The van der Waals surface area contributed by atoms with E-state index in [0.29, 0.717) is 38.1 Å². The van der Waals surface area contributed by atoms with Gasteiger partial charge in [-0.1, -0.05) is 30.3 Å². The summed E-state index contributed by atoms with van der Waals surface area (Å²) >= 11 is 0. The van der Waals surface area contributed by atoms with Crippen LogP contribution in [0.3, 0.4) is 0 Å². The Morgan fingerprint density at radius 2 is 1.64 bits per heavy atom. The normalized spacial score (nSPS) is 15.0. The van der Waals surface area contributed by atoms with E-state index in [1.165, 1.54) is 0 Å². The highest BCUT2D eigenvalue weighted by Gasteiger charge is 2.26. The fourth-order valence-electron chi connectivity index (χ4n) is 2.98. The Labute approximate surface area is 147 Å². The third-order valence-electron chi connectivity index (χ3n) is 4.53. The Balaban J connectivity index is 1.55. The van der Waals surface area contributed by atoms with Gasteiger partial charge in [-0.15, -0.1) is 0 Å². The summed E-state index contributed by atoms with van der Waals surface area (Å²) in [6.45, 7) is 1.63. The lowest BCUT2D eigenvalue weighted by Gasteiger charge is -2.30. The lowest BCUT2D eigenvalue weighted by atomic mass is 9.96. The molecule has 0 radical (unpaired) electrons. The van der Waals surface area contributed by atoms with E-state index in [4.69, 9.17) is 10.5 Å². The maximum absolute atomic E-state index is 12.5. The number of rotatable bonds is 5. The van der Waals surface area contributed by atoms with Crippen molar-refractivity contribution in [3.8, 4) is 5.75 Å². The van der Waals surface area contributed by atoms with Crippen LogP contribution in [0.4, 0.5) is 0 Å². The molecule has 5 nitrogen and oxygen atoms in total. The molecule has 2 amide bonds. The first-order chi connectivity index (χ1) is 12.1. The highest BCUT2D eigenvalue weighted by atomic mass is 16.5. The molecule has 0 bridgehead atoms. The SMILES string of the molecule is NC(=O)C1CCN(C(=O)c2ccc(OCc3ccccc3)cc2)CC1. The summed E-state index contributed by atoms with van der Waals surface area (Å²) < 4.78 is 5.74. The molecule has 3 rings (SSSR count). The number of hydrogen-bond donors (Lipinski definition) is 1. The minimum absolute atomic E-state index is 0.0162. The molecule has 0 aromatic heterocycles. The largest absolute Gasteiger partial charge is 0.489 e. The smallest absolute Gasteiger partial charge is 0.253 e. The molecule has 25 heavy (non-hydrogen) atoms. The van der Waals surface area contributed by atoms with Gasteiger partial charge < -0.3 is 15.4 Å². The van der Waals surface area contributed by atoms with E-state index in [2.05, 4.69) is 0 Å². The van der Waals surface area contributed by atoms with Gasteiger partial charge in [0.05, 0.1) is 0 Å². The molecule has 1 aliphatic heterocycles. The summed E-state index contributed by atoms with van der Waals surface area (Å²) in [5.41, 5.74) is 7.06. The molecule has 1 saturated heterocycles. The predicted octanol–water partition coefficient (Wildman–Crippen LogP) is 2.60. The minimum Gasteiger partial charge on any atom is -0.489 e. The molecule has 0 spiro atoms. The second kappa shape index (κ2) is 7.83. The van der Waals surface area contributed by atoms with E-state index < -0.39 is 0 Å². The number of primary amides is 1. The molecule has 1 fully saturated rings. The first-order valence-corrected chi connectivity index (χ1v) is 8.49. The molecule has 0 saturated carbocycles. The zero-order valence-electron chi connectivity index (χ0n) is 14.1. The van der Waals surface area contributed by atoms with Crippen LogP contribution in [-0.2, 0) is 11.4 Å². The number of piperidine rings is 1. The summed E-state index contributed by atoms with van der Waals surface area (Å²) in [6, 6.07) is 17.1. The van der Waals surface area contributed by atoms with Gasteiger partial charge in [-0.2, -0.15) is 0 Å². The summed E-state index contributed by atoms with van der Waals surface area (Å²) in [7, 11) is 0. The van der Waals surface area contributed by atoms with Gasteiger partial charge in [-0.05, 0) is 42.7 Å². The molecule has 2 aromatic rings. The summed E-state index contributed by atoms with van der Waals surface area (Å²) in [5, 5.41) is 0. The van der Waals surface area contributed by atoms with Gasteiger partial charge in [0.2, 0.25) is 5.91 Å². The highest BCUT2D eigenvalue weighted by Crippen LogP contribution is 2.20. The van der Waals surface area contributed by atoms with Crippen molar-refractivity contribution >= 4 is 11.8 Å². The van der Waals surface area contributed by atoms with E-state index in [0.717, 1.165) is 11.3 Å². The average Bonchev–Trinajstić information content (AvgIpc) is 2.67.